The number of phenols is 2. The van der Waals surface area contributed by atoms with Crippen LogP contribution in [0.4, 0.5) is 11.4 Å². The molecule has 0 saturated carbocycles. The highest BCUT2D eigenvalue weighted by atomic mass is 16.3. The number of rotatable bonds is 3. The molecule has 0 radical (unpaired) electrons. The molecule has 0 aliphatic rings. The molecular formula is C15H16N2O2. The molecule has 4 heteroatoms. The Hall–Kier alpha value is -2.36. The summed E-state index contributed by atoms with van der Waals surface area (Å²) in [5.41, 5.74) is 2.98. The average molecular weight is 256 g/mol. The van der Waals surface area contributed by atoms with Gasteiger partial charge >= 0.3 is 0 Å². The summed E-state index contributed by atoms with van der Waals surface area (Å²) in [5.74, 6) is 0.527. The van der Waals surface area contributed by atoms with Gasteiger partial charge in [0.25, 0.3) is 0 Å². The van der Waals surface area contributed by atoms with E-state index in [0.717, 1.165) is 17.5 Å². The first-order valence-corrected chi connectivity index (χ1v) is 6.13. The molecular weight excluding hydrogens is 240 g/mol. The van der Waals surface area contributed by atoms with E-state index in [4.69, 9.17) is 0 Å². The fourth-order valence-corrected chi connectivity index (χ4v) is 1.73. The van der Waals surface area contributed by atoms with Gasteiger partial charge in [-0.25, -0.2) is 0 Å². The van der Waals surface area contributed by atoms with E-state index >= 15 is 0 Å². The molecule has 0 saturated heterocycles. The molecule has 2 aromatic carbocycles. The van der Waals surface area contributed by atoms with Crippen LogP contribution in [0.15, 0.2) is 46.6 Å². The Bertz CT molecular complexity index is 622. The van der Waals surface area contributed by atoms with Gasteiger partial charge in [0.15, 0.2) is 0 Å². The van der Waals surface area contributed by atoms with Crippen LogP contribution in [0.25, 0.3) is 0 Å². The third-order valence-corrected chi connectivity index (χ3v) is 2.91. The van der Waals surface area contributed by atoms with Gasteiger partial charge in [-0.15, -0.1) is 0 Å². The number of azo groups is 1. The van der Waals surface area contributed by atoms with Gasteiger partial charge in [0.1, 0.15) is 11.5 Å². The first-order valence-electron chi connectivity index (χ1n) is 6.13. The van der Waals surface area contributed by atoms with Crippen molar-refractivity contribution in [2.24, 2.45) is 10.2 Å². The number of hydrogen-bond donors (Lipinski definition) is 2. The zero-order valence-electron chi connectivity index (χ0n) is 11.0. The molecule has 19 heavy (non-hydrogen) atoms. The van der Waals surface area contributed by atoms with Gasteiger partial charge in [0.05, 0.1) is 11.4 Å². The van der Waals surface area contributed by atoms with Crippen molar-refractivity contribution >= 4 is 11.4 Å². The third-order valence-electron chi connectivity index (χ3n) is 2.91. The second-order valence-electron chi connectivity index (χ2n) is 4.34. The number of aryl methyl sites for hydroxylation is 2. The lowest BCUT2D eigenvalue weighted by Gasteiger charge is -2.02. The molecule has 0 unspecified atom stereocenters. The van der Waals surface area contributed by atoms with Crippen LogP contribution in [0.5, 0.6) is 11.5 Å². The van der Waals surface area contributed by atoms with Crippen molar-refractivity contribution in [3.63, 3.8) is 0 Å². The van der Waals surface area contributed by atoms with Crippen LogP contribution in [0, 0.1) is 6.92 Å². The van der Waals surface area contributed by atoms with Crippen molar-refractivity contribution in [1.82, 2.24) is 0 Å². The van der Waals surface area contributed by atoms with E-state index < -0.39 is 0 Å². The first-order chi connectivity index (χ1) is 9.10. The van der Waals surface area contributed by atoms with Gasteiger partial charge < -0.3 is 10.2 Å². The van der Waals surface area contributed by atoms with E-state index in [9.17, 15) is 10.2 Å². The highest BCUT2D eigenvalue weighted by Crippen LogP contribution is 2.27. The summed E-state index contributed by atoms with van der Waals surface area (Å²) < 4.78 is 0. The van der Waals surface area contributed by atoms with Crippen molar-refractivity contribution in [2.75, 3.05) is 0 Å². The van der Waals surface area contributed by atoms with Crippen LogP contribution < -0.4 is 0 Å². The maximum Gasteiger partial charge on any atom is 0.118 e. The molecule has 0 spiro atoms. The van der Waals surface area contributed by atoms with Gasteiger partial charge in [0, 0.05) is 0 Å². The van der Waals surface area contributed by atoms with E-state index in [-0.39, 0.29) is 11.5 Å². The molecule has 0 fully saturated rings. The highest BCUT2D eigenvalue weighted by molar-refractivity contribution is 5.49. The van der Waals surface area contributed by atoms with Gasteiger partial charge in [0.2, 0.25) is 0 Å². The Morgan fingerprint density at radius 2 is 1.47 bits per heavy atom. The Labute approximate surface area is 112 Å². The molecule has 0 amide bonds. The molecule has 2 rings (SSSR count). The third kappa shape index (κ3) is 3.10. The highest BCUT2D eigenvalue weighted by Gasteiger charge is 2.00. The maximum absolute atomic E-state index is 9.59. The van der Waals surface area contributed by atoms with E-state index in [1.807, 2.05) is 19.9 Å². The largest absolute Gasteiger partial charge is 0.508 e. The quantitative estimate of drug-likeness (QED) is 0.800. The summed E-state index contributed by atoms with van der Waals surface area (Å²) in [4.78, 5) is 0. The lowest BCUT2D eigenvalue weighted by Crippen LogP contribution is -1.80. The molecule has 0 aromatic heterocycles. The summed E-state index contributed by atoms with van der Waals surface area (Å²) >= 11 is 0. The van der Waals surface area contributed by atoms with E-state index in [1.54, 1.807) is 30.3 Å². The molecule has 4 nitrogen and oxygen atoms in total. The smallest absolute Gasteiger partial charge is 0.118 e. The monoisotopic (exact) mass is 256 g/mol. The number of aromatic hydroxyl groups is 2. The molecule has 0 aliphatic heterocycles. The average Bonchev–Trinajstić information content (AvgIpc) is 2.41. The van der Waals surface area contributed by atoms with Gasteiger partial charge in [-0.2, -0.15) is 10.2 Å². The van der Waals surface area contributed by atoms with Crippen molar-refractivity contribution in [3.05, 3.63) is 47.5 Å². The summed E-state index contributed by atoms with van der Waals surface area (Å²) in [6, 6.07) is 10.2. The van der Waals surface area contributed by atoms with Gasteiger partial charge in [-0.1, -0.05) is 6.92 Å². The standard InChI is InChI=1S/C15H16N2O2/c1-3-11-9-13(5-7-15(11)19)17-16-12-4-6-14(18)10(2)8-12/h4-9,18-19H,3H2,1-2H3. The predicted octanol–water partition coefficient (Wildman–Crippen LogP) is 4.38. The summed E-state index contributed by atoms with van der Waals surface area (Å²) in [6.45, 7) is 3.78. The second kappa shape index (κ2) is 5.52. The van der Waals surface area contributed by atoms with Crippen LogP contribution >= 0.6 is 0 Å². The fraction of sp³-hybridized carbons (Fsp3) is 0.200. The minimum atomic E-state index is 0.247. The molecule has 0 heterocycles. The minimum Gasteiger partial charge on any atom is -0.508 e. The van der Waals surface area contributed by atoms with E-state index in [2.05, 4.69) is 10.2 Å². The maximum atomic E-state index is 9.59. The van der Waals surface area contributed by atoms with Crippen LogP contribution in [0.1, 0.15) is 18.1 Å². The zero-order chi connectivity index (χ0) is 13.8. The topological polar surface area (TPSA) is 65.2 Å². The lowest BCUT2D eigenvalue weighted by molar-refractivity contribution is 0.469. The minimum absolute atomic E-state index is 0.247. The molecule has 2 N–H and O–H groups in total. The van der Waals surface area contributed by atoms with Gasteiger partial charge in [-0.05, 0) is 60.9 Å². The van der Waals surface area contributed by atoms with Crippen molar-refractivity contribution in [3.8, 4) is 11.5 Å². The number of phenolic OH excluding ortho intramolecular Hbond substituents is 2. The SMILES string of the molecule is CCc1cc(N=Nc2ccc(O)c(C)c2)ccc1O. The summed E-state index contributed by atoms with van der Waals surface area (Å²) in [6.07, 6.45) is 0.744. The Morgan fingerprint density at radius 1 is 0.895 bits per heavy atom. The summed E-state index contributed by atoms with van der Waals surface area (Å²) in [5, 5.41) is 27.3. The van der Waals surface area contributed by atoms with Crippen LogP contribution in [-0.2, 0) is 6.42 Å². The van der Waals surface area contributed by atoms with Crippen LogP contribution in [0.2, 0.25) is 0 Å². The lowest BCUT2D eigenvalue weighted by atomic mass is 10.1. The second-order valence-corrected chi connectivity index (χ2v) is 4.34. The molecule has 2 aromatic rings. The number of nitrogens with zero attached hydrogens (tertiary/aromatic N) is 2. The first kappa shape index (κ1) is 13.1. The Morgan fingerprint density at radius 3 is 2.05 bits per heavy atom. The Balaban J connectivity index is 2.24. The fourth-order valence-electron chi connectivity index (χ4n) is 1.73. The molecule has 0 aliphatic carbocycles. The molecule has 0 atom stereocenters. The number of hydrogen-bond acceptors (Lipinski definition) is 4. The molecule has 0 bridgehead atoms. The van der Waals surface area contributed by atoms with E-state index in [1.165, 1.54) is 0 Å². The predicted molar refractivity (Wildman–Crippen MR) is 74.5 cm³/mol. The van der Waals surface area contributed by atoms with Crippen molar-refractivity contribution < 1.29 is 10.2 Å². The van der Waals surface area contributed by atoms with E-state index in [0.29, 0.717) is 11.4 Å². The van der Waals surface area contributed by atoms with Crippen molar-refractivity contribution in [2.45, 2.75) is 20.3 Å². The zero-order valence-corrected chi connectivity index (χ0v) is 11.0. The van der Waals surface area contributed by atoms with Crippen LogP contribution in [0.3, 0.4) is 0 Å². The normalized spacial score (nSPS) is 11.1. The van der Waals surface area contributed by atoms with Crippen LogP contribution in [-0.4, -0.2) is 10.2 Å². The molecule has 98 valence electrons. The van der Waals surface area contributed by atoms with Crippen molar-refractivity contribution in [1.29, 1.82) is 0 Å². The van der Waals surface area contributed by atoms with Gasteiger partial charge in [-0.3, -0.25) is 0 Å². The Kier molecular flexibility index (Phi) is 3.80. The number of benzene rings is 2. The summed E-state index contributed by atoms with van der Waals surface area (Å²) in [7, 11) is 0.